The van der Waals surface area contributed by atoms with Crippen LogP contribution in [0.1, 0.15) is 11.1 Å². The third-order valence-electron chi connectivity index (χ3n) is 3.92. The number of benzene rings is 2. The third kappa shape index (κ3) is 4.05. The topological polar surface area (TPSA) is 111 Å². The number of ether oxygens (including phenoxy) is 1. The van der Waals surface area contributed by atoms with E-state index in [9.17, 15) is 9.18 Å². The number of hydrogen-bond acceptors (Lipinski definition) is 5. The standard InChI is InChI=1S/C18H19FN6O2/c1-12-5-7-13(8-6-12)24-10-9-17(23-24)27-11-14-15(19)3-2-4-16(14)25(21)18(26)22-20/h2-10H,11,20-21H2,1H3,(H,22,26). The predicted molar refractivity (Wildman–Crippen MR) is 98.4 cm³/mol. The smallest absolute Gasteiger partial charge is 0.350 e. The Kier molecular flexibility index (Phi) is 5.34. The van der Waals surface area contributed by atoms with Crippen LogP contribution in [0.4, 0.5) is 14.9 Å². The van der Waals surface area contributed by atoms with Crippen molar-refractivity contribution in [3.63, 3.8) is 0 Å². The summed E-state index contributed by atoms with van der Waals surface area (Å²) in [6.07, 6.45) is 1.74. The quantitative estimate of drug-likeness (QED) is 0.362. The molecule has 2 amide bonds. The summed E-state index contributed by atoms with van der Waals surface area (Å²) in [7, 11) is 0. The van der Waals surface area contributed by atoms with Gasteiger partial charge in [0.15, 0.2) is 0 Å². The minimum absolute atomic E-state index is 0.105. The van der Waals surface area contributed by atoms with Crippen LogP contribution in [-0.2, 0) is 6.61 Å². The minimum Gasteiger partial charge on any atom is -0.472 e. The van der Waals surface area contributed by atoms with Crippen molar-refractivity contribution >= 4 is 11.7 Å². The molecule has 3 aromatic rings. The molecule has 3 rings (SSSR count). The number of aryl methyl sites for hydroxylation is 1. The molecule has 0 saturated carbocycles. The lowest BCUT2D eigenvalue weighted by Crippen LogP contribution is -2.48. The van der Waals surface area contributed by atoms with Crippen molar-refractivity contribution in [2.75, 3.05) is 5.01 Å². The molecule has 0 unspecified atom stereocenters. The van der Waals surface area contributed by atoms with E-state index in [0.29, 0.717) is 10.9 Å². The van der Waals surface area contributed by atoms with Gasteiger partial charge in [0.2, 0.25) is 5.88 Å². The zero-order valence-corrected chi connectivity index (χ0v) is 14.6. The number of carbonyl (C=O) groups excluding carboxylic acids is 1. The first-order valence-corrected chi connectivity index (χ1v) is 8.08. The number of rotatable bonds is 5. The monoisotopic (exact) mass is 370 g/mol. The molecule has 1 aromatic heterocycles. The van der Waals surface area contributed by atoms with Gasteiger partial charge in [0.05, 0.1) is 16.9 Å². The zero-order valence-electron chi connectivity index (χ0n) is 14.6. The molecule has 1 heterocycles. The van der Waals surface area contributed by atoms with Crippen molar-refractivity contribution in [1.82, 2.24) is 15.2 Å². The summed E-state index contributed by atoms with van der Waals surface area (Å²) in [4.78, 5) is 11.6. The maximum absolute atomic E-state index is 14.2. The molecule has 0 fully saturated rings. The van der Waals surface area contributed by atoms with Gasteiger partial charge in [-0.05, 0) is 31.2 Å². The summed E-state index contributed by atoms with van der Waals surface area (Å²) < 4.78 is 21.5. The Labute approximate surface area is 155 Å². The van der Waals surface area contributed by atoms with E-state index in [1.807, 2.05) is 36.6 Å². The van der Waals surface area contributed by atoms with E-state index in [1.165, 1.54) is 18.2 Å². The van der Waals surface area contributed by atoms with E-state index in [1.54, 1.807) is 16.9 Å². The summed E-state index contributed by atoms with van der Waals surface area (Å²) in [6.45, 7) is 1.83. The second-order valence-corrected chi connectivity index (χ2v) is 5.78. The Hall–Kier alpha value is -3.43. The molecule has 140 valence electrons. The Morgan fingerprint density at radius 1 is 1.26 bits per heavy atom. The second-order valence-electron chi connectivity index (χ2n) is 5.78. The average Bonchev–Trinajstić information content (AvgIpc) is 3.15. The van der Waals surface area contributed by atoms with Crippen LogP contribution in [0.2, 0.25) is 0 Å². The average molecular weight is 370 g/mol. The lowest BCUT2D eigenvalue weighted by Gasteiger charge is -2.19. The fourth-order valence-electron chi connectivity index (χ4n) is 2.47. The Bertz CT molecular complexity index is 941. The Balaban J connectivity index is 1.77. The number of aromatic nitrogens is 2. The van der Waals surface area contributed by atoms with Crippen molar-refractivity contribution in [1.29, 1.82) is 0 Å². The fraction of sp³-hybridized carbons (Fsp3) is 0.111. The van der Waals surface area contributed by atoms with Crippen LogP contribution in [0.5, 0.6) is 5.88 Å². The number of anilines is 1. The highest BCUT2D eigenvalue weighted by atomic mass is 19.1. The molecule has 0 aliphatic carbocycles. The van der Waals surface area contributed by atoms with Gasteiger partial charge in [0, 0.05) is 12.3 Å². The number of carbonyl (C=O) groups is 1. The molecule has 2 aromatic carbocycles. The molecular formula is C18H19FN6O2. The number of nitrogens with one attached hydrogen (secondary N) is 1. The number of hydrazine groups is 2. The van der Waals surface area contributed by atoms with Crippen LogP contribution in [0.25, 0.3) is 5.69 Å². The minimum atomic E-state index is -0.787. The molecular weight excluding hydrogens is 351 g/mol. The van der Waals surface area contributed by atoms with E-state index < -0.39 is 11.8 Å². The number of halogens is 1. The normalized spacial score (nSPS) is 10.5. The molecule has 0 aliphatic rings. The molecule has 0 atom stereocenters. The Morgan fingerprint density at radius 3 is 2.70 bits per heavy atom. The number of amides is 2. The van der Waals surface area contributed by atoms with E-state index in [-0.39, 0.29) is 17.9 Å². The van der Waals surface area contributed by atoms with Crippen molar-refractivity contribution < 1.29 is 13.9 Å². The second kappa shape index (κ2) is 7.85. The largest absolute Gasteiger partial charge is 0.472 e. The van der Waals surface area contributed by atoms with Gasteiger partial charge in [0.25, 0.3) is 0 Å². The van der Waals surface area contributed by atoms with E-state index in [2.05, 4.69) is 5.10 Å². The maximum Gasteiger partial charge on any atom is 0.350 e. The van der Waals surface area contributed by atoms with Gasteiger partial charge in [0.1, 0.15) is 12.4 Å². The lowest BCUT2D eigenvalue weighted by molar-refractivity contribution is 0.246. The first-order valence-electron chi connectivity index (χ1n) is 8.08. The summed E-state index contributed by atoms with van der Waals surface area (Å²) in [5.74, 6) is 10.5. The van der Waals surface area contributed by atoms with Gasteiger partial charge in [-0.1, -0.05) is 23.8 Å². The fourth-order valence-corrected chi connectivity index (χ4v) is 2.47. The molecule has 0 radical (unpaired) electrons. The van der Waals surface area contributed by atoms with Crippen LogP contribution in [-0.4, -0.2) is 15.8 Å². The summed E-state index contributed by atoms with van der Waals surface area (Å²) in [5, 5.41) is 5.02. The van der Waals surface area contributed by atoms with Crippen molar-refractivity contribution in [3.05, 3.63) is 71.7 Å². The highest BCUT2D eigenvalue weighted by Crippen LogP contribution is 2.23. The van der Waals surface area contributed by atoms with Crippen molar-refractivity contribution in [2.45, 2.75) is 13.5 Å². The first kappa shape index (κ1) is 18.4. The zero-order chi connectivity index (χ0) is 19.4. The third-order valence-corrected chi connectivity index (χ3v) is 3.92. The molecule has 0 aliphatic heterocycles. The first-order chi connectivity index (χ1) is 13.0. The molecule has 8 nitrogen and oxygen atoms in total. The van der Waals surface area contributed by atoms with Gasteiger partial charge in [-0.2, -0.15) is 0 Å². The highest BCUT2D eigenvalue weighted by Gasteiger charge is 2.18. The van der Waals surface area contributed by atoms with Gasteiger partial charge in [-0.15, -0.1) is 5.10 Å². The van der Waals surface area contributed by atoms with Crippen LogP contribution >= 0.6 is 0 Å². The van der Waals surface area contributed by atoms with Crippen LogP contribution in [0.15, 0.2) is 54.7 Å². The lowest BCUT2D eigenvalue weighted by atomic mass is 10.1. The number of nitrogens with two attached hydrogens (primary N) is 2. The highest BCUT2D eigenvalue weighted by molar-refractivity contribution is 5.91. The molecule has 0 spiro atoms. The molecule has 9 heteroatoms. The van der Waals surface area contributed by atoms with Gasteiger partial charge in [-0.3, -0.25) is 5.43 Å². The van der Waals surface area contributed by atoms with Crippen LogP contribution < -0.4 is 26.9 Å². The van der Waals surface area contributed by atoms with Crippen LogP contribution in [0.3, 0.4) is 0 Å². The van der Waals surface area contributed by atoms with E-state index >= 15 is 0 Å². The summed E-state index contributed by atoms with van der Waals surface area (Å²) >= 11 is 0. The number of nitrogens with zero attached hydrogens (tertiary/aromatic N) is 3. The molecule has 27 heavy (non-hydrogen) atoms. The predicted octanol–water partition coefficient (Wildman–Crippen LogP) is 2.16. The molecule has 5 N–H and O–H groups in total. The Morgan fingerprint density at radius 2 is 2.00 bits per heavy atom. The SMILES string of the molecule is Cc1ccc(-n2ccc(OCc3c(F)cccc3N(N)C(=O)NN)n2)cc1. The van der Waals surface area contributed by atoms with E-state index in [0.717, 1.165) is 11.3 Å². The summed E-state index contributed by atoms with van der Waals surface area (Å²) in [5.41, 5.74) is 4.14. The molecule has 0 bridgehead atoms. The summed E-state index contributed by atoms with van der Waals surface area (Å²) in [6, 6.07) is 12.9. The maximum atomic E-state index is 14.2. The molecule has 0 saturated heterocycles. The van der Waals surface area contributed by atoms with Gasteiger partial charge < -0.3 is 4.74 Å². The number of hydrogen-bond donors (Lipinski definition) is 3. The van der Waals surface area contributed by atoms with Crippen LogP contribution in [0, 0.1) is 12.7 Å². The van der Waals surface area contributed by atoms with Crippen molar-refractivity contribution in [3.8, 4) is 11.6 Å². The van der Waals surface area contributed by atoms with Crippen molar-refractivity contribution in [2.24, 2.45) is 11.7 Å². The van der Waals surface area contributed by atoms with Gasteiger partial charge in [-0.25, -0.2) is 30.6 Å². The number of urea groups is 1. The van der Waals surface area contributed by atoms with E-state index in [4.69, 9.17) is 16.4 Å². The van der Waals surface area contributed by atoms with Gasteiger partial charge >= 0.3 is 6.03 Å².